The second kappa shape index (κ2) is 8.48. The molecule has 2 heterocycles. The van der Waals surface area contributed by atoms with Crippen LogP contribution in [0.4, 0.5) is 0 Å². The number of hydrogen-bond acceptors (Lipinski definition) is 7. The van der Waals surface area contributed by atoms with Crippen molar-refractivity contribution in [2.75, 3.05) is 31.8 Å². The third-order valence-corrected chi connectivity index (χ3v) is 6.82. The molecule has 2 aliphatic heterocycles. The first-order valence-electron chi connectivity index (χ1n) is 9.29. The van der Waals surface area contributed by atoms with Gasteiger partial charge in [0.1, 0.15) is 17.9 Å². The highest BCUT2D eigenvalue weighted by Crippen LogP contribution is 2.26. The zero-order valence-corrected chi connectivity index (χ0v) is 16.6. The molecular weight excluding hydrogens is 386 g/mol. The van der Waals surface area contributed by atoms with E-state index in [0.29, 0.717) is 17.9 Å². The summed E-state index contributed by atoms with van der Waals surface area (Å²) in [5.41, 5.74) is -1.02. The topological polar surface area (TPSA) is 108 Å². The van der Waals surface area contributed by atoms with Crippen LogP contribution >= 0.6 is 0 Å². The third kappa shape index (κ3) is 4.82. The van der Waals surface area contributed by atoms with E-state index in [-0.39, 0.29) is 30.5 Å². The molecule has 2 saturated heterocycles. The Morgan fingerprint density at radius 3 is 2.68 bits per heavy atom. The summed E-state index contributed by atoms with van der Waals surface area (Å²) in [7, 11) is -1.99. The van der Waals surface area contributed by atoms with Crippen molar-refractivity contribution < 1.29 is 32.2 Å². The number of hydrogen-bond donors (Lipinski definition) is 1. The van der Waals surface area contributed by atoms with Gasteiger partial charge in [0.2, 0.25) is 0 Å². The summed E-state index contributed by atoms with van der Waals surface area (Å²) in [5.74, 6) is -0.935. The van der Waals surface area contributed by atoms with Crippen LogP contribution in [0.2, 0.25) is 0 Å². The van der Waals surface area contributed by atoms with Gasteiger partial charge in [0.25, 0.3) is 5.91 Å². The molecule has 1 amide bonds. The van der Waals surface area contributed by atoms with Crippen molar-refractivity contribution in [1.29, 1.82) is 0 Å². The molecule has 0 aromatic heterocycles. The predicted molar refractivity (Wildman–Crippen MR) is 101 cm³/mol. The van der Waals surface area contributed by atoms with Crippen LogP contribution in [0.15, 0.2) is 24.3 Å². The molecule has 3 rings (SSSR count). The van der Waals surface area contributed by atoms with Gasteiger partial charge in [0.05, 0.1) is 24.7 Å². The number of carbonyl (C=O) groups is 2. The zero-order valence-electron chi connectivity index (χ0n) is 15.8. The van der Waals surface area contributed by atoms with Gasteiger partial charge in [0.15, 0.2) is 9.84 Å². The maximum absolute atomic E-state index is 12.8. The number of benzene rings is 1. The number of ether oxygens (including phenoxy) is 3. The van der Waals surface area contributed by atoms with E-state index in [2.05, 4.69) is 5.32 Å². The molecule has 0 radical (unpaired) electrons. The lowest BCUT2D eigenvalue weighted by atomic mass is 9.91. The maximum atomic E-state index is 12.8. The number of nitrogens with one attached hydrogen (secondary N) is 1. The molecule has 1 N–H and O–H groups in total. The summed E-state index contributed by atoms with van der Waals surface area (Å²) in [5, 5.41) is 2.70. The van der Waals surface area contributed by atoms with E-state index < -0.39 is 27.3 Å². The summed E-state index contributed by atoms with van der Waals surface area (Å²) in [6.45, 7) is 1.15. The normalized spacial score (nSPS) is 23.0. The summed E-state index contributed by atoms with van der Waals surface area (Å²) in [4.78, 5) is 25.1. The monoisotopic (exact) mass is 411 g/mol. The van der Waals surface area contributed by atoms with Gasteiger partial charge in [-0.3, -0.25) is 4.79 Å². The zero-order chi connectivity index (χ0) is 20.2. The second-order valence-electron chi connectivity index (χ2n) is 7.15. The minimum atomic E-state index is -3.21. The van der Waals surface area contributed by atoms with E-state index in [9.17, 15) is 18.0 Å². The largest absolute Gasteiger partial charge is 0.491 e. The van der Waals surface area contributed by atoms with Gasteiger partial charge < -0.3 is 19.5 Å². The van der Waals surface area contributed by atoms with Crippen molar-refractivity contribution in [3.05, 3.63) is 29.8 Å². The fourth-order valence-electron chi connectivity index (χ4n) is 3.44. The van der Waals surface area contributed by atoms with Gasteiger partial charge >= 0.3 is 5.97 Å². The molecular formula is C19H25NO7S. The van der Waals surface area contributed by atoms with Crippen LogP contribution in [0.5, 0.6) is 5.75 Å². The van der Waals surface area contributed by atoms with E-state index in [1.165, 1.54) is 7.11 Å². The molecule has 28 heavy (non-hydrogen) atoms. The summed E-state index contributed by atoms with van der Waals surface area (Å²) in [6.07, 6.45) is 2.00. The van der Waals surface area contributed by atoms with Crippen molar-refractivity contribution in [2.45, 2.75) is 37.3 Å². The van der Waals surface area contributed by atoms with Crippen LogP contribution in [0.25, 0.3) is 0 Å². The van der Waals surface area contributed by atoms with E-state index in [1.807, 2.05) is 0 Å². The van der Waals surface area contributed by atoms with Crippen LogP contribution in [0, 0.1) is 0 Å². The molecule has 8 nitrogen and oxygen atoms in total. The number of esters is 1. The molecule has 0 saturated carbocycles. The van der Waals surface area contributed by atoms with Crippen molar-refractivity contribution in [3.63, 3.8) is 0 Å². The van der Waals surface area contributed by atoms with E-state index in [4.69, 9.17) is 14.2 Å². The molecule has 0 spiro atoms. The van der Waals surface area contributed by atoms with Crippen molar-refractivity contribution >= 4 is 21.7 Å². The number of methoxy groups -OCH3 is 1. The summed E-state index contributed by atoms with van der Waals surface area (Å²) < 4.78 is 39.5. The van der Waals surface area contributed by atoms with Gasteiger partial charge in [-0.15, -0.1) is 0 Å². The molecule has 1 aromatic rings. The average molecular weight is 411 g/mol. The fraction of sp³-hybridized carbons (Fsp3) is 0.579. The molecule has 0 aliphatic carbocycles. The first-order chi connectivity index (χ1) is 13.3. The Bertz CT molecular complexity index is 816. The highest BCUT2D eigenvalue weighted by atomic mass is 32.2. The van der Waals surface area contributed by atoms with Gasteiger partial charge in [-0.05, 0) is 43.9 Å². The smallest absolute Gasteiger partial charge is 0.331 e. The molecule has 2 fully saturated rings. The standard InChI is InChI=1S/C19H25NO7S/c1-25-18(22)19(7-10-28(23,24)11-8-19)20-17(21)14-4-2-5-15(12-14)27-13-16-6-3-9-26-16/h2,4-5,12,16H,3,6-11,13H2,1H3,(H,20,21). The quantitative estimate of drug-likeness (QED) is 0.698. The third-order valence-electron chi connectivity index (χ3n) is 5.16. The number of rotatable bonds is 6. The number of sulfone groups is 1. The molecule has 1 atom stereocenters. The van der Waals surface area contributed by atoms with Gasteiger partial charge in [-0.25, -0.2) is 13.2 Å². The highest BCUT2D eigenvalue weighted by molar-refractivity contribution is 7.91. The van der Waals surface area contributed by atoms with Crippen molar-refractivity contribution in [3.8, 4) is 5.75 Å². The lowest BCUT2D eigenvalue weighted by Crippen LogP contribution is -2.58. The molecule has 9 heteroatoms. The summed E-state index contributed by atoms with van der Waals surface area (Å²) in [6, 6.07) is 6.64. The van der Waals surface area contributed by atoms with Crippen LogP contribution in [-0.4, -0.2) is 63.8 Å². The Morgan fingerprint density at radius 1 is 1.29 bits per heavy atom. The van der Waals surface area contributed by atoms with Gasteiger partial charge in [-0.1, -0.05) is 6.07 Å². The van der Waals surface area contributed by atoms with Crippen molar-refractivity contribution in [2.24, 2.45) is 0 Å². The predicted octanol–water partition coefficient (Wildman–Crippen LogP) is 1.09. The first-order valence-corrected chi connectivity index (χ1v) is 11.1. The molecule has 1 unspecified atom stereocenters. The fourth-order valence-corrected chi connectivity index (χ4v) is 4.97. The lowest BCUT2D eigenvalue weighted by Gasteiger charge is -2.35. The minimum Gasteiger partial charge on any atom is -0.491 e. The van der Waals surface area contributed by atoms with E-state index >= 15 is 0 Å². The minimum absolute atomic E-state index is 0.0110. The van der Waals surface area contributed by atoms with E-state index in [0.717, 1.165) is 19.4 Å². The second-order valence-corrected chi connectivity index (χ2v) is 9.46. The Hall–Kier alpha value is -2.13. The lowest BCUT2D eigenvalue weighted by molar-refractivity contribution is -0.148. The van der Waals surface area contributed by atoms with Crippen LogP contribution in [0.3, 0.4) is 0 Å². The molecule has 2 aliphatic rings. The maximum Gasteiger partial charge on any atom is 0.331 e. The Balaban J connectivity index is 1.69. The van der Waals surface area contributed by atoms with Crippen LogP contribution in [-0.2, 0) is 24.1 Å². The summed E-state index contributed by atoms with van der Waals surface area (Å²) >= 11 is 0. The Kier molecular flexibility index (Phi) is 6.24. The van der Waals surface area contributed by atoms with Crippen molar-refractivity contribution in [1.82, 2.24) is 5.32 Å². The number of amides is 1. The average Bonchev–Trinajstić information content (AvgIpc) is 3.21. The van der Waals surface area contributed by atoms with Gasteiger partial charge in [-0.2, -0.15) is 0 Å². The van der Waals surface area contributed by atoms with Gasteiger partial charge in [0, 0.05) is 12.2 Å². The Labute approximate surface area is 164 Å². The SMILES string of the molecule is COC(=O)C1(NC(=O)c2cccc(OCC3CCCO3)c2)CCS(=O)(=O)CC1. The Morgan fingerprint density at radius 2 is 2.04 bits per heavy atom. The van der Waals surface area contributed by atoms with Crippen LogP contribution < -0.4 is 10.1 Å². The van der Waals surface area contributed by atoms with Crippen LogP contribution in [0.1, 0.15) is 36.0 Å². The van der Waals surface area contributed by atoms with E-state index in [1.54, 1.807) is 24.3 Å². The first kappa shape index (κ1) is 20.6. The number of carbonyl (C=O) groups excluding carboxylic acids is 2. The molecule has 0 bridgehead atoms. The molecule has 1 aromatic carbocycles. The molecule has 154 valence electrons. The highest BCUT2D eigenvalue weighted by Gasteiger charge is 2.45.